The molecule has 2 aromatic heterocycles. The Morgan fingerprint density at radius 1 is 1.09 bits per heavy atom. The second-order valence-corrected chi connectivity index (χ2v) is 9.27. The van der Waals surface area contributed by atoms with Crippen LogP contribution in [0.5, 0.6) is 0 Å². The van der Waals surface area contributed by atoms with Crippen LogP contribution in [0.15, 0.2) is 58.5 Å². The van der Waals surface area contributed by atoms with Gasteiger partial charge in [0.25, 0.3) is 5.56 Å². The van der Waals surface area contributed by atoms with E-state index in [1.165, 1.54) is 17.3 Å². The standard InChI is InChI=1S/C26H29N5O2S/c1-5-6-9-19-12-14-20(15-13-19)31-25(33)21-10-7-8-11-22(21)27-26(31)34-16-23(32)28-24-17(2)29-30(4)18(24)3/h7-8,10-15H,5-6,9,16H2,1-4H3,(H,28,32). The second-order valence-electron chi connectivity index (χ2n) is 8.33. The molecule has 34 heavy (non-hydrogen) atoms. The molecule has 0 unspecified atom stereocenters. The summed E-state index contributed by atoms with van der Waals surface area (Å²) in [6.07, 6.45) is 3.27. The third-order valence-electron chi connectivity index (χ3n) is 5.86. The van der Waals surface area contributed by atoms with Gasteiger partial charge in [-0.1, -0.05) is 49.4 Å². The Bertz CT molecular complexity index is 1390. The third kappa shape index (κ3) is 4.92. The van der Waals surface area contributed by atoms with Gasteiger partial charge in [-0.05, 0) is 56.5 Å². The van der Waals surface area contributed by atoms with Gasteiger partial charge in [-0.3, -0.25) is 18.8 Å². The molecule has 0 atom stereocenters. The van der Waals surface area contributed by atoms with E-state index in [4.69, 9.17) is 4.98 Å². The molecule has 1 N–H and O–H groups in total. The number of hydrogen-bond donors (Lipinski definition) is 1. The molecular formula is C26H29N5O2S. The quantitative estimate of drug-likeness (QED) is 0.292. The molecule has 4 aromatic rings. The third-order valence-corrected chi connectivity index (χ3v) is 6.80. The van der Waals surface area contributed by atoms with Crippen LogP contribution in [0.1, 0.15) is 36.7 Å². The molecule has 0 aliphatic carbocycles. The summed E-state index contributed by atoms with van der Waals surface area (Å²) >= 11 is 1.25. The average Bonchev–Trinajstić information content (AvgIpc) is 3.08. The number of rotatable bonds is 8. The van der Waals surface area contributed by atoms with Crippen LogP contribution in [0, 0.1) is 13.8 Å². The number of benzene rings is 2. The van der Waals surface area contributed by atoms with Crippen LogP contribution in [0.4, 0.5) is 5.69 Å². The van der Waals surface area contributed by atoms with Gasteiger partial charge in [0.2, 0.25) is 5.91 Å². The number of nitrogens with one attached hydrogen (secondary N) is 1. The number of carbonyl (C=O) groups excluding carboxylic acids is 1. The monoisotopic (exact) mass is 475 g/mol. The fourth-order valence-electron chi connectivity index (χ4n) is 3.89. The molecule has 8 heteroatoms. The van der Waals surface area contributed by atoms with Crippen molar-refractivity contribution in [2.75, 3.05) is 11.1 Å². The fraction of sp³-hybridized carbons (Fsp3) is 0.308. The maximum Gasteiger partial charge on any atom is 0.266 e. The summed E-state index contributed by atoms with van der Waals surface area (Å²) in [4.78, 5) is 30.9. The smallest absolute Gasteiger partial charge is 0.266 e. The number of aryl methyl sites for hydroxylation is 3. The molecule has 0 radical (unpaired) electrons. The number of unbranched alkanes of at least 4 members (excludes halogenated alkanes) is 1. The van der Waals surface area contributed by atoms with Gasteiger partial charge in [0.15, 0.2) is 5.16 Å². The molecule has 0 aliphatic rings. The first-order valence-electron chi connectivity index (χ1n) is 11.4. The molecule has 0 saturated carbocycles. The van der Waals surface area contributed by atoms with Crippen LogP contribution in [0.2, 0.25) is 0 Å². The summed E-state index contributed by atoms with van der Waals surface area (Å²) in [6, 6.07) is 15.3. The minimum atomic E-state index is -0.173. The van der Waals surface area contributed by atoms with Gasteiger partial charge in [-0.2, -0.15) is 5.10 Å². The highest BCUT2D eigenvalue weighted by Crippen LogP contribution is 2.23. The van der Waals surface area contributed by atoms with Crippen LogP contribution in [-0.2, 0) is 18.3 Å². The number of fused-ring (bicyclic) bond motifs is 1. The van der Waals surface area contributed by atoms with Gasteiger partial charge >= 0.3 is 0 Å². The molecule has 2 aromatic carbocycles. The van der Waals surface area contributed by atoms with Crippen LogP contribution in [-0.4, -0.2) is 31.0 Å². The van der Waals surface area contributed by atoms with Crippen LogP contribution >= 0.6 is 11.8 Å². The molecule has 0 saturated heterocycles. The van der Waals surface area contributed by atoms with E-state index >= 15 is 0 Å². The summed E-state index contributed by atoms with van der Waals surface area (Å²) in [5.74, 6) is -0.0549. The zero-order valence-electron chi connectivity index (χ0n) is 20.0. The van der Waals surface area contributed by atoms with Crippen molar-refractivity contribution >= 4 is 34.3 Å². The Morgan fingerprint density at radius 2 is 1.82 bits per heavy atom. The molecule has 0 spiro atoms. The molecular weight excluding hydrogens is 446 g/mol. The van der Waals surface area contributed by atoms with Crippen LogP contribution in [0.3, 0.4) is 0 Å². The van der Waals surface area contributed by atoms with Gasteiger partial charge in [0.1, 0.15) is 0 Å². The van der Waals surface area contributed by atoms with Crippen molar-refractivity contribution in [1.29, 1.82) is 0 Å². The summed E-state index contributed by atoms with van der Waals surface area (Å²) in [6.45, 7) is 5.95. The molecule has 0 fully saturated rings. The zero-order chi connectivity index (χ0) is 24.2. The predicted molar refractivity (Wildman–Crippen MR) is 138 cm³/mol. The van der Waals surface area contributed by atoms with E-state index in [0.717, 1.165) is 42.0 Å². The van der Waals surface area contributed by atoms with Crippen molar-refractivity contribution in [3.8, 4) is 5.69 Å². The second kappa shape index (κ2) is 10.3. The van der Waals surface area contributed by atoms with Crippen LogP contribution in [0.25, 0.3) is 16.6 Å². The average molecular weight is 476 g/mol. The topological polar surface area (TPSA) is 81.8 Å². The lowest BCUT2D eigenvalue weighted by Crippen LogP contribution is -2.23. The van der Waals surface area contributed by atoms with Crippen LogP contribution < -0.4 is 10.9 Å². The fourth-order valence-corrected chi connectivity index (χ4v) is 4.70. The van der Waals surface area contributed by atoms with Gasteiger partial charge in [0.05, 0.1) is 39.4 Å². The van der Waals surface area contributed by atoms with Crippen molar-refractivity contribution in [2.24, 2.45) is 7.05 Å². The van der Waals surface area contributed by atoms with Crippen molar-refractivity contribution in [1.82, 2.24) is 19.3 Å². The Balaban J connectivity index is 1.64. The molecule has 7 nitrogen and oxygen atoms in total. The summed E-state index contributed by atoms with van der Waals surface area (Å²) < 4.78 is 3.34. The number of carbonyl (C=O) groups is 1. The minimum Gasteiger partial charge on any atom is -0.322 e. The highest BCUT2D eigenvalue weighted by atomic mass is 32.2. The van der Waals surface area contributed by atoms with Crippen molar-refractivity contribution in [2.45, 2.75) is 45.2 Å². The molecule has 1 amide bonds. The Kier molecular flexibility index (Phi) is 7.17. The van der Waals surface area contributed by atoms with E-state index < -0.39 is 0 Å². The molecule has 0 aliphatic heterocycles. The van der Waals surface area contributed by atoms with E-state index in [9.17, 15) is 9.59 Å². The number of amides is 1. The van der Waals surface area contributed by atoms with Gasteiger partial charge < -0.3 is 5.32 Å². The van der Waals surface area contributed by atoms with E-state index in [-0.39, 0.29) is 17.2 Å². The largest absolute Gasteiger partial charge is 0.322 e. The van der Waals surface area contributed by atoms with E-state index in [2.05, 4.69) is 29.5 Å². The first-order chi connectivity index (χ1) is 16.4. The Labute approximate surface area is 203 Å². The number of para-hydroxylation sites is 1. The first kappa shape index (κ1) is 23.8. The van der Waals surface area contributed by atoms with Gasteiger partial charge in [-0.25, -0.2) is 4.98 Å². The number of aromatic nitrogens is 4. The van der Waals surface area contributed by atoms with Gasteiger partial charge in [-0.15, -0.1) is 0 Å². The van der Waals surface area contributed by atoms with E-state index in [0.29, 0.717) is 16.1 Å². The number of nitrogens with zero attached hydrogens (tertiary/aromatic N) is 4. The Morgan fingerprint density at radius 3 is 2.50 bits per heavy atom. The predicted octanol–water partition coefficient (Wildman–Crippen LogP) is 4.81. The normalized spacial score (nSPS) is 11.2. The zero-order valence-corrected chi connectivity index (χ0v) is 20.8. The first-order valence-corrected chi connectivity index (χ1v) is 12.4. The van der Waals surface area contributed by atoms with Crippen molar-refractivity contribution < 1.29 is 4.79 Å². The molecule has 2 heterocycles. The molecule has 176 valence electrons. The number of anilines is 1. The lowest BCUT2D eigenvalue weighted by molar-refractivity contribution is -0.113. The van der Waals surface area contributed by atoms with E-state index in [1.807, 2.05) is 51.2 Å². The summed E-state index contributed by atoms with van der Waals surface area (Å²) in [5, 5.41) is 8.33. The highest BCUT2D eigenvalue weighted by Gasteiger charge is 2.17. The highest BCUT2D eigenvalue weighted by molar-refractivity contribution is 7.99. The maximum absolute atomic E-state index is 13.4. The minimum absolute atomic E-state index is 0.118. The number of thioether (sulfide) groups is 1. The summed E-state index contributed by atoms with van der Waals surface area (Å²) in [5.41, 5.74) is 4.83. The van der Waals surface area contributed by atoms with Crippen molar-refractivity contribution in [3.63, 3.8) is 0 Å². The number of hydrogen-bond acceptors (Lipinski definition) is 5. The molecule has 0 bridgehead atoms. The maximum atomic E-state index is 13.4. The summed E-state index contributed by atoms with van der Waals surface area (Å²) in [7, 11) is 1.85. The van der Waals surface area contributed by atoms with Crippen molar-refractivity contribution in [3.05, 3.63) is 75.8 Å². The van der Waals surface area contributed by atoms with Gasteiger partial charge in [0, 0.05) is 7.05 Å². The van der Waals surface area contributed by atoms with E-state index in [1.54, 1.807) is 15.3 Å². The SMILES string of the molecule is CCCCc1ccc(-n2c(SCC(=O)Nc3c(C)nn(C)c3C)nc3ccccc3c2=O)cc1. The lowest BCUT2D eigenvalue weighted by Gasteiger charge is -2.14. The molecule has 4 rings (SSSR count). The lowest BCUT2D eigenvalue weighted by atomic mass is 10.1. The Hall–Kier alpha value is -3.39.